The molecule has 0 bridgehead atoms. The molecule has 1 heterocycles. The van der Waals surface area contributed by atoms with Crippen LogP contribution in [0.25, 0.3) is 6.08 Å². The van der Waals surface area contributed by atoms with Gasteiger partial charge in [0.1, 0.15) is 0 Å². The SMILES string of the molecule is C=CCN1C(=O)SC(=Cc2cc(Cl)c(OCC(=O)OC)c(OC)c2)C1=O. The Labute approximate surface area is 159 Å². The van der Waals surface area contributed by atoms with Gasteiger partial charge in [-0.3, -0.25) is 14.5 Å². The largest absolute Gasteiger partial charge is 0.493 e. The Kier molecular flexibility index (Phi) is 6.70. The van der Waals surface area contributed by atoms with E-state index in [-0.39, 0.29) is 39.8 Å². The van der Waals surface area contributed by atoms with Crippen LogP contribution in [0.2, 0.25) is 5.02 Å². The summed E-state index contributed by atoms with van der Waals surface area (Å²) >= 11 is 7.03. The highest BCUT2D eigenvalue weighted by atomic mass is 35.5. The summed E-state index contributed by atoms with van der Waals surface area (Å²) in [5.74, 6) is -0.515. The lowest BCUT2D eigenvalue weighted by molar-refractivity contribution is -0.142. The van der Waals surface area contributed by atoms with Crippen LogP contribution in [0.15, 0.2) is 29.7 Å². The number of hydrogen-bond donors (Lipinski definition) is 0. The molecule has 1 aliphatic rings. The van der Waals surface area contributed by atoms with Crippen LogP contribution in [-0.4, -0.2) is 49.4 Å². The number of halogens is 1. The number of rotatable bonds is 7. The molecule has 1 saturated heterocycles. The van der Waals surface area contributed by atoms with E-state index in [0.29, 0.717) is 5.56 Å². The second-order valence-electron chi connectivity index (χ2n) is 4.98. The van der Waals surface area contributed by atoms with Gasteiger partial charge in [0.2, 0.25) is 0 Å². The first-order valence-corrected chi connectivity index (χ1v) is 8.54. The molecule has 0 aliphatic carbocycles. The first-order chi connectivity index (χ1) is 12.4. The molecule has 2 rings (SSSR count). The summed E-state index contributed by atoms with van der Waals surface area (Å²) in [5, 5.41) is -0.179. The van der Waals surface area contributed by atoms with E-state index >= 15 is 0 Å². The number of ether oxygens (including phenoxy) is 3. The second kappa shape index (κ2) is 8.77. The zero-order valence-corrected chi connectivity index (χ0v) is 15.7. The lowest BCUT2D eigenvalue weighted by Crippen LogP contribution is -2.27. The normalized spacial score (nSPS) is 15.3. The molecule has 0 saturated carbocycles. The van der Waals surface area contributed by atoms with Crippen LogP contribution in [-0.2, 0) is 14.3 Å². The molecule has 26 heavy (non-hydrogen) atoms. The highest BCUT2D eigenvalue weighted by Gasteiger charge is 2.34. The summed E-state index contributed by atoms with van der Waals surface area (Å²) in [4.78, 5) is 36.7. The topological polar surface area (TPSA) is 82.1 Å². The van der Waals surface area contributed by atoms with E-state index in [9.17, 15) is 14.4 Å². The number of thioether (sulfide) groups is 1. The van der Waals surface area contributed by atoms with Gasteiger partial charge in [-0.1, -0.05) is 17.7 Å². The van der Waals surface area contributed by atoms with Crippen LogP contribution in [0, 0.1) is 0 Å². The maximum absolute atomic E-state index is 12.3. The predicted octanol–water partition coefficient (Wildman–Crippen LogP) is 3.12. The summed E-state index contributed by atoms with van der Waals surface area (Å²) in [7, 11) is 2.66. The molecule has 2 amide bonds. The van der Waals surface area contributed by atoms with Crippen LogP contribution >= 0.6 is 23.4 Å². The Morgan fingerprint density at radius 1 is 1.35 bits per heavy atom. The van der Waals surface area contributed by atoms with Crippen molar-refractivity contribution in [1.29, 1.82) is 0 Å². The predicted molar refractivity (Wildman–Crippen MR) is 98.4 cm³/mol. The molecule has 1 aromatic carbocycles. The van der Waals surface area contributed by atoms with Crippen molar-refractivity contribution >= 4 is 46.6 Å². The molecular formula is C17H16ClNO6S. The lowest BCUT2D eigenvalue weighted by atomic mass is 10.1. The first kappa shape index (κ1) is 19.9. The van der Waals surface area contributed by atoms with Crippen molar-refractivity contribution in [3.8, 4) is 11.5 Å². The fraction of sp³-hybridized carbons (Fsp3) is 0.235. The minimum atomic E-state index is -0.567. The van der Waals surface area contributed by atoms with Gasteiger partial charge in [-0.15, -0.1) is 6.58 Å². The zero-order valence-electron chi connectivity index (χ0n) is 14.1. The van der Waals surface area contributed by atoms with Gasteiger partial charge in [0, 0.05) is 6.54 Å². The molecule has 0 radical (unpaired) electrons. The third-order valence-electron chi connectivity index (χ3n) is 3.30. The molecule has 138 valence electrons. The van der Waals surface area contributed by atoms with Crippen molar-refractivity contribution < 1.29 is 28.6 Å². The van der Waals surface area contributed by atoms with E-state index < -0.39 is 11.9 Å². The zero-order chi connectivity index (χ0) is 19.3. The van der Waals surface area contributed by atoms with Gasteiger partial charge < -0.3 is 14.2 Å². The number of carbonyl (C=O) groups excluding carboxylic acids is 3. The number of nitrogens with zero attached hydrogens (tertiary/aromatic N) is 1. The van der Waals surface area contributed by atoms with Crippen molar-refractivity contribution in [2.24, 2.45) is 0 Å². The number of carbonyl (C=O) groups is 3. The van der Waals surface area contributed by atoms with Crippen LogP contribution < -0.4 is 9.47 Å². The standard InChI is InChI=1S/C17H16ClNO6S/c1-4-5-19-16(21)13(26-17(19)22)8-10-6-11(18)15(12(7-10)23-2)25-9-14(20)24-3/h4,6-8H,1,5,9H2,2-3H3. The molecule has 0 unspecified atom stereocenters. The Morgan fingerprint density at radius 2 is 2.08 bits per heavy atom. The number of methoxy groups -OCH3 is 2. The number of imide groups is 1. The average molecular weight is 398 g/mol. The number of hydrogen-bond acceptors (Lipinski definition) is 7. The Hall–Kier alpha value is -2.45. The molecule has 1 aromatic rings. The molecule has 1 aliphatic heterocycles. The minimum Gasteiger partial charge on any atom is -0.493 e. The van der Waals surface area contributed by atoms with Crippen LogP contribution in [0.5, 0.6) is 11.5 Å². The Morgan fingerprint density at radius 3 is 2.69 bits per heavy atom. The van der Waals surface area contributed by atoms with Crippen molar-refractivity contribution in [3.63, 3.8) is 0 Å². The van der Waals surface area contributed by atoms with E-state index in [1.54, 1.807) is 6.07 Å². The van der Waals surface area contributed by atoms with Crippen LogP contribution in [0.1, 0.15) is 5.56 Å². The lowest BCUT2D eigenvalue weighted by Gasteiger charge is -2.12. The van der Waals surface area contributed by atoms with E-state index in [1.165, 1.54) is 32.4 Å². The van der Waals surface area contributed by atoms with Crippen molar-refractivity contribution in [1.82, 2.24) is 4.90 Å². The Balaban J connectivity index is 2.30. The highest BCUT2D eigenvalue weighted by Crippen LogP contribution is 2.38. The van der Waals surface area contributed by atoms with Gasteiger partial charge in [-0.25, -0.2) is 4.79 Å². The smallest absolute Gasteiger partial charge is 0.343 e. The van der Waals surface area contributed by atoms with Gasteiger partial charge in [-0.05, 0) is 35.5 Å². The molecule has 0 N–H and O–H groups in total. The summed E-state index contributed by atoms with van der Waals surface area (Å²) in [5.41, 5.74) is 0.543. The van der Waals surface area contributed by atoms with E-state index in [2.05, 4.69) is 11.3 Å². The third kappa shape index (κ3) is 4.39. The van der Waals surface area contributed by atoms with Crippen LogP contribution in [0.3, 0.4) is 0 Å². The first-order valence-electron chi connectivity index (χ1n) is 7.34. The van der Waals surface area contributed by atoms with Gasteiger partial charge in [0.25, 0.3) is 11.1 Å². The monoisotopic (exact) mass is 397 g/mol. The number of amides is 2. The summed E-state index contributed by atoms with van der Waals surface area (Å²) in [6.45, 7) is 3.34. The molecule has 0 atom stereocenters. The minimum absolute atomic E-state index is 0.145. The van der Waals surface area contributed by atoms with E-state index in [4.69, 9.17) is 21.1 Å². The second-order valence-corrected chi connectivity index (χ2v) is 6.38. The highest BCUT2D eigenvalue weighted by molar-refractivity contribution is 8.18. The maximum Gasteiger partial charge on any atom is 0.343 e. The number of benzene rings is 1. The third-order valence-corrected chi connectivity index (χ3v) is 4.48. The summed E-state index contributed by atoms with van der Waals surface area (Å²) in [6.07, 6.45) is 3.01. The van der Waals surface area contributed by atoms with Gasteiger partial charge >= 0.3 is 5.97 Å². The van der Waals surface area contributed by atoms with Gasteiger partial charge in [0.15, 0.2) is 18.1 Å². The molecule has 1 fully saturated rings. The van der Waals surface area contributed by atoms with Gasteiger partial charge in [-0.2, -0.15) is 0 Å². The van der Waals surface area contributed by atoms with Crippen molar-refractivity contribution in [2.45, 2.75) is 0 Å². The maximum atomic E-state index is 12.3. The summed E-state index contributed by atoms with van der Waals surface area (Å²) in [6, 6.07) is 3.12. The van der Waals surface area contributed by atoms with Crippen molar-refractivity contribution in [2.75, 3.05) is 27.4 Å². The fourth-order valence-corrected chi connectivity index (χ4v) is 3.21. The quantitative estimate of drug-likeness (QED) is 0.397. The van der Waals surface area contributed by atoms with Crippen molar-refractivity contribution in [3.05, 3.63) is 40.3 Å². The van der Waals surface area contributed by atoms with E-state index in [1.807, 2.05) is 0 Å². The summed E-state index contributed by atoms with van der Waals surface area (Å²) < 4.78 is 15.1. The molecule has 0 aromatic heterocycles. The molecule has 9 heteroatoms. The number of esters is 1. The van der Waals surface area contributed by atoms with E-state index in [0.717, 1.165) is 16.7 Å². The molecular weight excluding hydrogens is 382 g/mol. The Bertz CT molecular complexity index is 792. The van der Waals surface area contributed by atoms with Crippen LogP contribution in [0.4, 0.5) is 4.79 Å². The fourth-order valence-electron chi connectivity index (χ4n) is 2.09. The molecule has 7 nitrogen and oxygen atoms in total. The molecule has 0 spiro atoms. The van der Waals surface area contributed by atoms with Gasteiger partial charge in [0.05, 0.1) is 24.1 Å². The average Bonchev–Trinajstić information content (AvgIpc) is 2.87.